The van der Waals surface area contributed by atoms with Crippen LogP contribution in [0.25, 0.3) is 0 Å². The molecule has 116 valence electrons. The van der Waals surface area contributed by atoms with Crippen molar-refractivity contribution in [3.63, 3.8) is 0 Å². The molecule has 1 spiro atoms. The van der Waals surface area contributed by atoms with E-state index in [1.54, 1.807) is 6.07 Å². The second-order valence-corrected chi connectivity index (χ2v) is 7.22. The normalized spacial score (nSPS) is 44.5. The molecule has 0 saturated heterocycles. The zero-order valence-corrected chi connectivity index (χ0v) is 12.1. The summed E-state index contributed by atoms with van der Waals surface area (Å²) in [7, 11) is 0. The first-order valence-corrected chi connectivity index (χ1v) is 7.95. The lowest BCUT2D eigenvalue weighted by Gasteiger charge is -2.61. The molecule has 5 rings (SSSR count). The van der Waals surface area contributed by atoms with Gasteiger partial charge in [0.2, 0.25) is 0 Å². The van der Waals surface area contributed by atoms with Crippen LogP contribution in [0, 0.1) is 5.92 Å². The van der Waals surface area contributed by atoms with Crippen LogP contribution in [0.5, 0.6) is 11.5 Å². The molecule has 22 heavy (non-hydrogen) atoms. The van der Waals surface area contributed by atoms with Crippen LogP contribution in [0.3, 0.4) is 0 Å². The highest BCUT2D eigenvalue weighted by Gasteiger charge is 2.74. The smallest absolute Gasteiger partial charge is 0.177 e. The van der Waals surface area contributed by atoms with Gasteiger partial charge in [0, 0.05) is 12.0 Å². The lowest BCUT2D eigenvalue weighted by molar-refractivity contribution is -0.219. The standard InChI is InChI=1S/C17H18O5/c18-10-4-3-8-6-9-2-1-5-16-13(8)14(10)22-15(16)11(19)7-12(20)17(9,16)21/h3-4,9,12,15,18,20-21H,1-2,5-7H2. The Morgan fingerprint density at radius 1 is 1.27 bits per heavy atom. The Morgan fingerprint density at radius 2 is 2.09 bits per heavy atom. The molecule has 2 fully saturated rings. The molecule has 0 radical (unpaired) electrons. The van der Waals surface area contributed by atoms with Gasteiger partial charge < -0.3 is 20.1 Å². The van der Waals surface area contributed by atoms with E-state index in [1.807, 2.05) is 6.07 Å². The summed E-state index contributed by atoms with van der Waals surface area (Å²) in [5.74, 6) is 0.0969. The Hall–Kier alpha value is -1.59. The molecule has 1 aromatic rings. The fraction of sp³-hybridized carbons (Fsp3) is 0.588. The van der Waals surface area contributed by atoms with Crippen molar-refractivity contribution in [1.29, 1.82) is 0 Å². The number of rotatable bonds is 0. The van der Waals surface area contributed by atoms with Gasteiger partial charge in [0.05, 0.1) is 11.5 Å². The van der Waals surface area contributed by atoms with Crippen molar-refractivity contribution in [1.82, 2.24) is 0 Å². The van der Waals surface area contributed by atoms with Gasteiger partial charge in [-0.15, -0.1) is 0 Å². The number of ether oxygens (including phenoxy) is 1. The Bertz CT molecular complexity index is 713. The predicted octanol–water partition coefficient (Wildman–Crippen LogP) is 0.812. The van der Waals surface area contributed by atoms with Crippen LogP contribution in [0.1, 0.15) is 36.8 Å². The molecule has 5 unspecified atom stereocenters. The minimum atomic E-state index is -1.34. The van der Waals surface area contributed by atoms with Crippen molar-refractivity contribution < 1.29 is 24.9 Å². The summed E-state index contributed by atoms with van der Waals surface area (Å²) in [5, 5.41) is 32.3. The van der Waals surface area contributed by atoms with Crippen molar-refractivity contribution in [2.75, 3.05) is 0 Å². The Morgan fingerprint density at radius 3 is 2.91 bits per heavy atom. The number of aliphatic hydroxyl groups excluding tert-OH is 1. The Labute approximate surface area is 127 Å². The van der Waals surface area contributed by atoms with E-state index in [4.69, 9.17) is 4.74 Å². The zero-order chi connectivity index (χ0) is 15.3. The molecule has 2 saturated carbocycles. The topological polar surface area (TPSA) is 87.0 Å². The van der Waals surface area contributed by atoms with Crippen LogP contribution in [0.2, 0.25) is 0 Å². The number of carbonyl (C=O) groups excluding carboxylic acids is 1. The highest BCUT2D eigenvalue weighted by Crippen LogP contribution is 2.66. The maximum absolute atomic E-state index is 12.5. The van der Waals surface area contributed by atoms with E-state index in [-0.39, 0.29) is 23.9 Å². The largest absolute Gasteiger partial charge is 0.504 e. The van der Waals surface area contributed by atoms with E-state index in [0.717, 1.165) is 24.0 Å². The molecule has 3 aliphatic carbocycles. The second-order valence-electron chi connectivity index (χ2n) is 7.22. The maximum Gasteiger partial charge on any atom is 0.177 e. The number of carbonyl (C=O) groups is 1. The van der Waals surface area contributed by atoms with Crippen LogP contribution in [-0.4, -0.2) is 38.9 Å². The van der Waals surface area contributed by atoms with Gasteiger partial charge in [-0.2, -0.15) is 0 Å². The van der Waals surface area contributed by atoms with Crippen molar-refractivity contribution in [2.45, 2.75) is 55.3 Å². The molecular weight excluding hydrogens is 284 g/mol. The number of Topliss-reactive ketones (excluding diaryl/α,β-unsaturated/α-hetero) is 1. The fourth-order valence-corrected chi connectivity index (χ4v) is 5.70. The second kappa shape index (κ2) is 3.66. The number of ketones is 1. The maximum atomic E-state index is 12.5. The number of hydrogen-bond donors (Lipinski definition) is 3. The molecule has 2 bridgehead atoms. The number of phenols is 1. The first-order valence-electron chi connectivity index (χ1n) is 7.95. The van der Waals surface area contributed by atoms with Gasteiger partial charge in [0.25, 0.3) is 0 Å². The highest BCUT2D eigenvalue weighted by atomic mass is 16.5. The van der Waals surface area contributed by atoms with Gasteiger partial charge in [-0.1, -0.05) is 12.5 Å². The molecule has 0 amide bonds. The van der Waals surface area contributed by atoms with Crippen molar-refractivity contribution >= 4 is 5.78 Å². The Balaban J connectivity index is 1.90. The van der Waals surface area contributed by atoms with Gasteiger partial charge in [0.1, 0.15) is 5.60 Å². The molecule has 1 heterocycles. The summed E-state index contributed by atoms with van der Waals surface area (Å²) in [6, 6.07) is 3.47. The first-order chi connectivity index (χ1) is 10.5. The first kappa shape index (κ1) is 12.9. The van der Waals surface area contributed by atoms with Crippen LogP contribution in [-0.2, 0) is 16.6 Å². The number of benzene rings is 1. The van der Waals surface area contributed by atoms with Crippen molar-refractivity contribution in [3.8, 4) is 11.5 Å². The van der Waals surface area contributed by atoms with E-state index in [9.17, 15) is 20.1 Å². The SMILES string of the molecule is O=C1CC(O)C2(O)C3CCCC24c2c(ccc(O)c2OC14)C3. The Kier molecular flexibility index (Phi) is 2.15. The molecule has 1 aliphatic heterocycles. The van der Waals surface area contributed by atoms with E-state index in [0.29, 0.717) is 18.6 Å². The molecule has 4 aliphatic rings. The summed E-state index contributed by atoms with van der Waals surface area (Å²) in [5.41, 5.74) is -0.433. The zero-order valence-electron chi connectivity index (χ0n) is 12.1. The average Bonchev–Trinajstić information content (AvgIpc) is 2.81. The van der Waals surface area contributed by atoms with E-state index in [2.05, 4.69) is 0 Å². The van der Waals surface area contributed by atoms with Gasteiger partial charge in [-0.25, -0.2) is 0 Å². The monoisotopic (exact) mass is 302 g/mol. The summed E-state index contributed by atoms with van der Waals surface area (Å²) >= 11 is 0. The average molecular weight is 302 g/mol. The number of aliphatic hydroxyl groups is 2. The predicted molar refractivity (Wildman–Crippen MR) is 75.8 cm³/mol. The molecule has 5 nitrogen and oxygen atoms in total. The molecule has 5 heteroatoms. The summed E-state index contributed by atoms with van der Waals surface area (Å²) < 4.78 is 5.86. The van der Waals surface area contributed by atoms with Crippen LogP contribution < -0.4 is 4.74 Å². The molecule has 5 atom stereocenters. The van der Waals surface area contributed by atoms with E-state index < -0.39 is 23.2 Å². The highest BCUT2D eigenvalue weighted by molar-refractivity contribution is 5.90. The minimum absolute atomic E-state index is 0.0104. The van der Waals surface area contributed by atoms with Crippen molar-refractivity contribution in [2.24, 2.45) is 5.92 Å². The summed E-state index contributed by atoms with van der Waals surface area (Å²) in [4.78, 5) is 12.5. The van der Waals surface area contributed by atoms with Gasteiger partial charge in [-0.3, -0.25) is 4.79 Å². The van der Waals surface area contributed by atoms with Crippen LogP contribution in [0.15, 0.2) is 12.1 Å². The van der Waals surface area contributed by atoms with Gasteiger partial charge >= 0.3 is 0 Å². The van der Waals surface area contributed by atoms with Gasteiger partial charge in [0.15, 0.2) is 23.4 Å². The number of hydrogen-bond acceptors (Lipinski definition) is 5. The summed E-state index contributed by atoms with van der Waals surface area (Å²) in [6.07, 6.45) is 1.06. The number of aromatic hydroxyl groups is 1. The van der Waals surface area contributed by atoms with Crippen LogP contribution >= 0.6 is 0 Å². The van der Waals surface area contributed by atoms with E-state index in [1.165, 1.54) is 0 Å². The third-order valence-electron chi connectivity index (χ3n) is 6.47. The molecule has 0 aromatic heterocycles. The van der Waals surface area contributed by atoms with Crippen LogP contribution in [0.4, 0.5) is 0 Å². The minimum Gasteiger partial charge on any atom is -0.504 e. The molecule has 1 aromatic carbocycles. The third kappa shape index (κ3) is 1.09. The number of phenolic OH excluding ortho intramolecular Hbond substituents is 1. The third-order valence-corrected chi connectivity index (χ3v) is 6.47. The molecular formula is C17H18O5. The summed E-state index contributed by atoms with van der Waals surface area (Å²) in [6.45, 7) is 0. The lowest BCUT2D eigenvalue weighted by Crippen LogP contribution is -2.75. The lowest BCUT2D eigenvalue weighted by atomic mass is 9.45. The molecule has 3 N–H and O–H groups in total. The van der Waals surface area contributed by atoms with Gasteiger partial charge in [-0.05, 0) is 36.8 Å². The van der Waals surface area contributed by atoms with Crippen molar-refractivity contribution in [3.05, 3.63) is 23.3 Å². The van der Waals surface area contributed by atoms with E-state index >= 15 is 0 Å². The fourth-order valence-electron chi connectivity index (χ4n) is 5.70. The quantitative estimate of drug-likeness (QED) is 0.660.